The van der Waals surface area contributed by atoms with Crippen LogP contribution in [0.1, 0.15) is 39.0 Å². The molecule has 0 bridgehead atoms. The van der Waals surface area contributed by atoms with Gasteiger partial charge in [-0.1, -0.05) is 6.92 Å². The molecule has 0 radical (unpaired) electrons. The third-order valence-corrected chi connectivity index (χ3v) is 3.21. The van der Waals surface area contributed by atoms with Crippen LogP contribution in [0.3, 0.4) is 0 Å². The molecular formula is C11H20F3NO. The molecule has 2 nitrogen and oxygen atoms in total. The monoisotopic (exact) mass is 239 g/mol. The number of ether oxygens (including phenoxy) is 1. The van der Waals surface area contributed by atoms with Gasteiger partial charge in [0.1, 0.15) is 0 Å². The smallest absolute Gasteiger partial charge is 0.378 e. The van der Waals surface area contributed by atoms with E-state index in [-0.39, 0.29) is 24.5 Å². The second-order valence-electron chi connectivity index (χ2n) is 4.44. The highest BCUT2D eigenvalue weighted by molar-refractivity contribution is 4.83. The van der Waals surface area contributed by atoms with Gasteiger partial charge >= 0.3 is 6.18 Å². The van der Waals surface area contributed by atoms with Crippen LogP contribution in [0.25, 0.3) is 0 Å². The van der Waals surface area contributed by atoms with E-state index in [1.807, 2.05) is 6.92 Å². The lowest BCUT2D eigenvalue weighted by molar-refractivity contribution is -0.135. The van der Waals surface area contributed by atoms with Crippen molar-refractivity contribution >= 4 is 0 Å². The van der Waals surface area contributed by atoms with E-state index in [4.69, 9.17) is 10.5 Å². The predicted molar refractivity (Wildman–Crippen MR) is 56.0 cm³/mol. The van der Waals surface area contributed by atoms with Crippen LogP contribution in [0, 0.1) is 5.92 Å². The van der Waals surface area contributed by atoms with E-state index in [9.17, 15) is 13.2 Å². The summed E-state index contributed by atoms with van der Waals surface area (Å²) in [5.41, 5.74) is 5.93. The SMILES string of the molecule is CCC1OCCC1C(N)CCCC(F)(F)F. The largest absolute Gasteiger partial charge is 0.389 e. The van der Waals surface area contributed by atoms with Gasteiger partial charge in [-0.15, -0.1) is 0 Å². The Morgan fingerprint density at radius 2 is 2.12 bits per heavy atom. The molecule has 0 aromatic rings. The van der Waals surface area contributed by atoms with Crippen molar-refractivity contribution in [2.45, 2.75) is 57.3 Å². The summed E-state index contributed by atoms with van der Waals surface area (Å²) in [7, 11) is 0. The molecular weight excluding hydrogens is 219 g/mol. The van der Waals surface area contributed by atoms with Gasteiger partial charge in [0.15, 0.2) is 0 Å². The Balaban J connectivity index is 2.26. The van der Waals surface area contributed by atoms with Gasteiger partial charge in [0.25, 0.3) is 0 Å². The molecule has 5 heteroatoms. The van der Waals surface area contributed by atoms with Crippen LogP contribution in [0.5, 0.6) is 0 Å². The summed E-state index contributed by atoms with van der Waals surface area (Å²) in [5.74, 6) is 0.234. The normalized spacial score (nSPS) is 28.3. The van der Waals surface area contributed by atoms with E-state index < -0.39 is 12.6 Å². The van der Waals surface area contributed by atoms with Gasteiger partial charge in [0.2, 0.25) is 0 Å². The lowest BCUT2D eigenvalue weighted by atomic mass is 9.89. The molecule has 0 aromatic heterocycles. The molecule has 0 aromatic carbocycles. The van der Waals surface area contributed by atoms with Gasteiger partial charge < -0.3 is 10.5 Å². The highest BCUT2D eigenvalue weighted by Crippen LogP contribution is 2.29. The maximum Gasteiger partial charge on any atom is 0.389 e. The van der Waals surface area contributed by atoms with Crippen molar-refractivity contribution in [2.24, 2.45) is 11.7 Å². The minimum Gasteiger partial charge on any atom is -0.378 e. The zero-order valence-corrected chi connectivity index (χ0v) is 9.59. The fraction of sp³-hybridized carbons (Fsp3) is 1.00. The molecule has 0 spiro atoms. The Kier molecular flexibility index (Phi) is 5.05. The molecule has 1 fully saturated rings. The molecule has 0 amide bonds. The molecule has 1 aliphatic heterocycles. The fourth-order valence-corrected chi connectivity index (χ4v) is 2.33. The van der Waals surface area contributed by atoms with E-state index in [0.29, 0.717) is 13.0 Å². The number of nitrogens with two attached hydrogens (primary N) is 1. The molecule has 1 saturated heterocycles. The van der Waals surface area contributed by atoms with Crippen molar-refractivity contribution in [3.05, 3.63) is 0 Å². The molecule has 0 aliphatic carbocycles. The first-order valence-electron chi connectivity index (χ1n) is 5.88. The standard InChI is InChI=1S/C11H20F3NO/c1-2-10-8(5-7-16-10)9(15)4-3-6-11(12,13)14/h8-10H,2-7,15H2,1H3. The van der Waals surface area contributed by atoms with E-state index in [1.165, 1.54) is 0 Å². The van der Waals surface area contributed by atoms with Crippen molar-refractivity contribution in [3.63, 3.8) is 0 Å². The van der Waals surface area contributed by atoms with Gasteiger partial charge in [0, 0.05) is 25.0 Å². The third kappa shape index (κ3) is 4.29. The first-order valence-corrected chi connectivity index (χ1v) is 5.88. The predicted octanol–water partition coefficient (Wildman–Crippen LogP) is 2.86. The van der Waals surface area contributed by atoms with Crippen molar-refractivity contribution in [1.82, 2.24) is 0 Å². The first-order chi connectivity index (χ1) is 7.44. The van der Waals surface area contributed by atoms with E-state index in [0.717, 1.165) is 12.8 Å². The Hall–Kier alpha value is -0.290. The van der Waals surface area contributed by atoms with Gasteiger partial charge in [-0.2, -0.15) is 13.2 Å². The fourth-order valence-electron chi connectivity index (χ4n) is 2.33. The Bertz CT molecular complexity index is 208. The van der Waals surface area contributed by atoms with Crippen LogP contribution in [0.2, 0.25) is 0 Å². The Morgan fingerprint density at radius 1 is 1.44 bits per heavy atom. The maximum absolute atomic E-state index is 12.0. The molecule has 1 rings (SSSR count). The highest BCUT2D eigenvalue weighted by Gasteiger charge is 2.32. The number of hydrogen-bond donors (Lipinski definition) is 1. The van der Waals surface area contributed by atoms with Gasteiger partial charge in [0.05, 0.1) is 6.10 Å². The van der Waals surface area contributed by atoms with Crippen molar-refractivity contribution in [3.8, 4) is 0 Å². The molecule has 1 aliphatic rings. The minimum absolute atomic E-state index is 0.123. The molecule has 16 heavy (non-hydrogen) atoms. The Labute approximate surface area is 94.3 Å². The number of alkyl halides is 3. The lowest BCUT2D eigenvalue weighted by Crippen LogP contribution is -2.35. The summed E-state index contributed by atoms with van der Waals surface area (Å²) in [6, 6.07) is -0.158. The van der Waals surface area contributed by atoms with Crippen LogP contribution in [-0.4, -0.2) is 24.9 Å². The van der Waals surface area contributed by atoms with E-state index in [2.05, 4.69) is 0 Å². The third-order valence-electron chi connectivity index (χ3n) is 3.21. The molecule has 3 atom stereocenters. The maximum atomic E-state index is 12.0. The summed E-state index contributed by atoms with van der Waals surface area (Å²) in [4.78, 5) is 0. The average Bonchev–Trinajstić information content (AvgIpc) is 2.63. The minimum atomic E-state index is -4.06. The van der Waals surface area contributed by atoms with Gasteiger partial charge in [-0.25, -0.2) is 0 Å². The summed E-state index contributed by atoms with van der Waals surface area (Å²) in [6.45, 7) is 2.71. The van der Waals surface area contributed by atoms with Crippen LogP contribution in [-0.2, 0) is 4.74 Å². The van der Waals surface area contributed by atoms with Crippen molar-refractivity contribution in [1.29, 1.82) is 0 Å². The van der Waals surface area contributed by atoms with Crippen LogP contribution in [0.15, 0.2) is 0 Å². The quantitative estimate of drug-likeness (QED) is 0.800. The van der Waals surface area contributed by atoms with Crippen molar-refractivity contribution in [2.75, 3.05) is 6.61 Å². The topological polar surface area (TPSA) is 35.2 Å². The number of halogens is 3. The summed E-state index contributed by atoms with van der Waals surface area (Å²) in [5, 5.41) is 0. The summed E-state index contributed by atoms with van der Waals surface area (Å²) in [6.07, 6.45) is -2.33. The number of hydrogen-bond acceptors (Lipinski definition) is 2. The second-order valence-corrected chi connectivity index (χ2v) is 4.44. The molecule has 0 saturated carbocycles. The van der Waals surface area contributed by atoms with E-state index >= 15 is 0 Å². The van der Waals surface area contributed by atoms with Crippen molar-refractivity contribution < 1.29 is 17.9 Å². The van der Waals surface area contributed by atoms with Crippen LogP contribution >= 0.6 is 0 Å². The zero-order valence-electron chi connectivity index (χ0n) is 9.59. The highest BCUT2D eigenvalue weighted by atomic mass is 19.4. The second kappa shape index (κ2) is 5.87. The van der Waals surface area contributed by atoms with Gasteiger partial charge in [-0.05, 0) is 25.7 Å². The molecule has 1 heterocycles. The lowest BCUT2D eigenvalue weighted by Gasteiger charge is -2.23. The van der Waals surface area contributed by atoms with E-state index in [1.54, 1.807) is 0 Å². The molecule has 96 valence electrons. The van der Waals surface area contributed by atoms with Crippen LogP contribution in [0.4, 0.5) is 13.2 Å². The summed E-state index contributed by atoms with van der Waals surface area (Å²) < 4.78 is 41.4. The molecule has 2 N–H and O–H groups in total. The molecule has 3 unspecified atom stereocenters. The zero-order chi connectivity index (χ0) is 12.2. The van der Waals surface area contributed by atoms with Crippen LogP contribution < -0.4 is 5.73 Å². The average molecular weight is 239 g/mol. The van der Waals surface area contributed by atoms with Gasteiger partial charge in [-0.3, -0.25) is 0 Å². The number of rotatable bonds is 5. The first kappa shape index (κ1) is 13.8. The summed E-state index contributed by atoms with van der Waals surface area (Å²) >= 11 is 0. The Morgan fingerprint density at radius 3 is 2.69 bits per heavy atom.